The Kier molecular flexibility index (Phi) is 3.74. The van der Waals surface area contributed by atoms with Crippen LogP contribution >= 0.6 is 0 Å². The second kappa shape index (κ2) is 4.43. The van der Waals surface area contributed by atoms with Crippen molar-refractivity contribution in [2.75, 3.05) is 13.1 Å². The lowest BCUT2D eigenvalue weighted by Crippen LogP contribution is -2.51. The van der Waals surface area contributed by atoms with Gasteiger partial charge in [0, 0.05) is 5.54 Å². The molecular weight excluding hydrogens is 162 g/mol. The summed E-state index contributed by atoms with van der Waals surface area (Å²) in [5, 5.41) is 9.68. The van der Waals surface area contributed by atoms with Crippen LogP contribution in [0.5, 0.6) is 0 Å². The lowest BCUT2D eigenvalue weighted by molar-refractivity contribution is 0.00238. The molecule has 2 heteroatoms. The van der Waals surface area contributed by atoms with Crippen LogP contribution in [0, 0.1) is 0 Å². The van der Waals surface area contributed by atoms with E-state index >= 15 is 0 Å². The van der Waals surface area contributed by atoms with Gasteiger partial charge in [0.1, 0.15) is 0 Å². The number of hydrogen-bond donors (Lipinski definition) is 1. The molecule has 0 aromatic heterocycles. The van der Waals surface area contributed by atoms with Gasteiger partial charge in [0.2, 0.25) is 0 Å². The summed E-state index contributed by atoms with van der Waals surface area (Å²) < 4.78 is 0. The third-order valence-electron chi connectivity index (χ3n) is 3.44. The van der Waals surface area contributed by atoms with E-state index in [0.717, 1.165) is 13.1 Å². The minimum absolute atomic E-state index is 0.0512. The Bertz CT molecular complexity index is 146. The monoisotopic (exact) mass is 185 g/mol. The van der Waals surface area contributed by atoms with Gasteiger partial charge in [-0.05, 0) is 46.7 Å². The highest BCUT2D eigenvalue weighted by Crippen LogP contribution is 2.22. The van der Waals surface area contributed by atoms with Crippen molar-refractivity contribution in [3.05, 3.63) is 0 Å². The summed E-state index contributed by atoms with van der Waals surface area (Å²) in [5.74, 6) is 0. The van der Waals surface area contributed by atoms with Gasteiger partial charge in [-0.25, -0.2) is 0 Å². The topological polar surface area (TPSA) is 23.5 Å². The molecule has 2 nitrogen and oxygen atoms in total. The zero-order valence-corrected chi connectivity index (χ0v) is 9.21. The van der Waals surface area contributed by atoms with Crippen LogP contribution in [0.4, 0.5) is 0 Å². The summed E-state index contributed by atoms with van der Waals surface area (Å²) in [5.41, 5.74) is -0.0512. The van der Waals surface area contributed by atoms with E-state index < -0.39 is 0 Å². The van der Waals surface area contributed by atoms with Gasteiger partial charge in [-0.15, -0.1) is 0 Å². The van der Waals surface area contributed by atoms with Crippen LogP contribution in [-0.4, -0.2) is 34.7 Å². The summed E-state index contributed by atoms with van der Waals surface area (Å²) in [6.07, 6.45) is 5.04. The van der Waals surface area contributed by atoms with Crippen LogP contribution in [0.25, 0.3) is 0 Å². The minimum Gasteiger partial charge on any atom is -0.392 e. The molecule has 1 rings (SSSR count). The molecule has 1 heterocycles. The van der Waals surface area contributed by atoms with Crippen molar-refractivity contribution in [2.45, 2.75) is 58.1 Å². The molecule has 0 aromatic rings. The molecule has 1 N–H and O–H groups in total. The van der Waals surface area contributed by atoms with E-state index in [1.54, 1.807) is 0 Å². The van der Waals surface area contributed by atoms with E-state index in [2.05, 4.69) is 18.7 Å². The quantitative estimate of drug-likeness (QED) is 0.711. The van der Waals surface area contributed by atoms with Crippen LogP contribution in [0.1, 0.15) is 46.5 Å². The highest BCUT2D eigenvalue weighted by Gasteiger charge is 2.31. The fraction of sp³-hybridized carbons (Fsp3) is 1.00. The molecule has 0 radical (unpaired) electrons. The molecule has 0 bridgehead atoms. The smallest absolute Gasteiger partial charge is 0.0690 e. The molecule has 0 amide bonds. The predicted octanol–water partition coefficient (Wildman–Crippen LogP) is 2.02. The van der Waals surface area contributed by atoms with Gasteiger partial charge in [0.25, 0.3) is 0 Å². The number of likely N-dealkylation sites (tertiary alicyclic amines) is 1. The summed E-state index contributed by atoms with van der Waals surface area (Å²) in [6.45, 7) is 8.48. The molecule has 1 atom stereocenters. The predicted molar refractivity (Wildman–Crippen MR) is 55.8 cm³/mol. The van der Waals surface area contributed by atoms with Crippen molar-refractivity contribution in [2.24, 2.45) is 0 Å². The lowest BCUT2D eigenvalue weighted by atomic mass is 9.96. The molecular formula is C11H23NO. The van der Waals surface area contributed by atoms with E-state index in [-0.39, 0.29) is 11.6 Å². The van der Waals surface area contributed by atoms with Crippen LogP contribution in [-0.2, 0) is 0 Å². The van der Waals surface area contributed by atoms with E-state index in [9.17, 15) is 5.11 Å². The maximum atomic E-state index is 9.68. The van der Waals surface area contributed by atoms with Gasteiger partial charge in [0.15, 0.2) is 0 Å². The first kappa shape index (κ1) is 11.0. The van der Waals surface area contributed by atoms with Crippen molar-refractivity contribution in [1.82, 2.24) is 4.90 Å². The van der Waals surface area contributed by atoms with E-state index in [1.165, 1.54) is 25.7 Å². The Morgan fingerprint density at radius 1 is 1.08 bits per heavy atom. The maximum absolute atomic E-state index is 9.68. The highest BCUT2D eigenvalue weighted by molar-refractivity contribution is 4.87. The standard InChI is InChI=1S/C11H23NO/c1-10(13)11(2,3)12-8-6-4-5-7-9-12/h10,13H,4-9H2,1-3H3. The van der Waals surface area contributed by atoms with Crippen molar-refractivity contribution < 1.29 is 5.11 Å². The maximum Gasteiger partial charge on any atom is 0.0690 e. The van der Waals surface area contributed by atoms with Crippen molar-refractivity contribution in [3.8, 4) is 0 Å². The molecule has 1 fully saturated rings. The Morgan fingerprint density at radius 2 is 1.54 bits per heavy atom. The van der Waals surface area contributed by atoms with Crippen molar-refractivity contribution >= 4 is 0 Å². The summed E-state index contributed by atoms with van der Waals surface area (Å²) in [6, 6.07) is 0. The molecule has 78 valence electrons. The first-order chi connectivity index (χ1) is 6.05. The fourth-order valence-corrected chi connectivity index (χ4v) is 1.91. The number of rotatable bonds is 2. The third-order valence-corrected chi connectivity index (χ3v) is 3.44. The molecule has 0 aliphatic carbocycles. The highest BCUT2D eigenvalue weighted by atomic mass is 16.3. The van der Waals surface area contributed by atoms with Gasteiger partial charge < -0.3 is 5.11 Å². The van der Waals surface area contributed by atoms with Gasteiger partial charge in [0.05, 0.1) is 6.10 Å². The fourth-order valence-electron chi connectivity index (χ4n) is 1.91. The molecule has 0 aromatic carbocycles. The zero-order chi connectivity index (χ0) is 9.90. The van der Waals surface area contributed by atoms with Gasteiger partial charge in [-0.2, -0.15) is 0 Å². The molecule has 0 saturated carbocycles. The average molecular weight is 185 g/mol. The Labute approximate surface area is 81.9 Å². The zero-order valence-electron chi connectivity index (χ0n) is 9.21. The number of nitrogens with zero attached hydrogens (tertiary/aromatic N) is 1. The average Bonchev–Trinajstić information content (AvgIpc) is 2.31. The second-order valence-corrected chi connectivity index (χ2v) is 4.73. The largest absolute Gasteiger partial charge is 0.392 e. The second-order valence-electron chi connectivity index (χ2n) is 4.73. The molecule has 0 spiro atoms. The minimum atomic E-state index is -0.245. The first-order valence-electron chi connectivity index (χ1n) is 5.48. The van der Waals surface area contributed by atoms with Crippen molar-refractivity contribution in [3.63, 3.8) is 0 Å². The summed E-state index contributed by atoms with van der Waals surface area (Å²) in [7, 11) is 0. The van der Waals surface area contributed by atoms with Crippen LogP contribution in [0.3, 0.4) is 0 Å². The normalized spacial score (nSPS) is 24.0. The van der Waals surface area contributed by atoms with Gasteiger partial charge >= 0.3 is 0 Å². The Hall–Kier alpha value is -0.0800. The number of aliphatic hydroxyl groups excluding tert-OH is 1. The first-order valence-corrected chi connectivity index (χ1v) is 5.48. The van der Waals surface area contributed by atoms with E-state index in [0.29, 0.717) is 0 Å². The Balaban J connectivity index is 2.57. The molecule has 1 aliphatic heterocycles. The van der Waals surface area contributed by atoms with Crippen LogP contribution in [0.2, 0.25) is 0 Å². The van der Waals surface area contributed by atoms with Gasteiger partial charge in [-0.1, -0.05) is 12.8 Å². The SMILES string of the molecule is CC(O)C(C)(C)N1CCCCCC1. The lowest BCUT2D eigenvalue weighted by Gasteiger charge is -2.40. The summed E-state index contributed by atoms with van der Waals surface area (Å²) in [4.78, 5) is 2.44. The van der Waals surface area contributed by atoms with Crippen LogP contribution < -0.4 is 0 Å². The van der Waals surface area contributed by atoms with Crippen LogP contribution in [0.15, 0.2) is 0 Å². The summed E-state index contributed by atoms with van der Waals surface area (Å²) >= 11 is 0. The molecule has 1 saturated heterocycles. The molecule has 1 aliphatic rings. The third kappa shape index (κ3) is 2.68. The number of hydrogen-bond acceptors (Lipinski definition) is 2. The molecule has 13 heavy (non-hydrogen) atoms. The van der Waals surface area contributed by atoms with E-state index in [4.69, 9.17) is 0 Å². The Morgan fingerprint density at radius 3 is 1.92 bits per heavy atom. The molecule has 1 unspecified atom stereocenters. The van der Waals surface area contributed by atoms with E-state index in [1.807, 2.05) is 6.92 Å². The van der Waals surface area contributed by atoms with Crippen molar-refractivity contribution in [1.29, 1.82) is 0 Å². The van der Waals surface area contributed by atoms with Gasteiger partial charge in [-0.3, -0.25) is 4.90 Å². The number of aliphatic hydroxyl groups is 1.